The van der Waals surface area contributed by atoms with Gasteiger partial charge in [-0.1, -0.05) is 25.0 Å². The zero-order chi connectivity index (χ0) is 20.1. The molecule has 28 heavy (non-hydrogen) atoms. The third kappa shape index (κ3) is 4.12. The molecule has 7 nitrogen and oxygen atoms in total. The molecule has 0 radical (unpaired) electrons. The SMILES string of the molecule is Cc1c(-c2ccc(C=C(C#N)C(=O)N3CCCCCC3)o2)cccc1[N+](=O)[O-]. The minimum Gasteiger partial charge on any atom is -0.457 e. The lowest BCUT2D eigenvalue weighted by Crippen LogP contribution is -2.32. The number of rotatable bonds is 4. The van der Waals surface area contributed by atoms with Crippen molar-refractivity contribution in [3.63, 3.8) is 0 Å². The highest BCUT2D eigenvalue weighted by atomic mass is 16.6. The number of hydrogen-bond acceptors (Lipinski definition) is 5. The van der Waals surface area contributed by atoms with Crippen LogP contribution in [0.1, 0.15) is 37.0 Å². The van der Waals surface area contributed by atoms with E-state index < -0.39 is 4.92 Å². The molecule has 1 aliphatic rings. The lowest BCUT2D eigenvalue weighted by atomic mass is 10.1. The van der Waals surface area contributed by atoms with E-state index in [1.54, 1.807) is 36.1 Å². The summed E-state index contributed by atoms with van der Waals surface area (Å²) in [5, 5.41) is 20.6. The van der Waals surface area contributed by atoms with Crippen LogP contribution < -0.4 is 0 Å². The number of nitriles is 1. The summed E-state index contributed by atoms with van der Waals surface area (Å²) in [5.41, 5.74) is 1.14. The van der Waals surface area contributed by atoms with Gasteiger partial charge in [-0.05, 0) is 31.9 Å². The lowest BCUT2D eigenvalue weighted by molar-refractivity contribution is -0.385. The van der Waals surface area contributed by atoms with Crippen molar-refractivity contribution in [2.75, 3.05) is 13.1 Å². The van der Waals surface area contributed by atoms with Crippen molar-refractivity contribution in [1.29, 1.82) is 5.26 Å². The number of carbonyl (C=O) groups is 1. The van der Waals surface area contributed by atoms with Crippen molar-refractivity contribution in [3.8, 4) is 17.4 Å². The molecule has 0 atom stereocenters. The number of likely N-dealkylation sites (tertiary alicyclic amines) is 1. The van der Waals surface area contributed by atoms with E-state index in [4.69, 9.17) is 4.42 Å². The van der Waals surface area contributed by atoms with Gasteiger partial charge in [0.25, 0.3) is 11.6 Å². The monoisotopic (exact) mass is 379 g/mol. The van der Waals surface area contributed by atoms with Crippen molar-refractivity contribution in [1.82, 2.24) is 4.90 Å². The van der Waals surface area contributed by atoms with Crippen LogP contribution >= 0.6 is 0 Å². The number of nitro groups is 1. The first-order valence-electron chi connectivity index (χ1n) is 9.26. The first kappa shape index (κ1) is 19.4. The summed E-state index contributed by atoms with van der Waals surface area (Å²) in [6.07, 6.45) is 5.52. The first-order valence-corrected chi connectivity index (χ1v) is 9.26. The molecular formula is C21H21N3O4. The Morgan fingerprint density at radius 2 is 1.93 bits per heavy atom. The number of hydrogen-bond donors (Lipinski definition) is 0. The molecule has 0 saturated carbocycles. The number of carbonyl (C=O) groups excluding carboxylic acids is 1. The van der Waals surface area contributed by atoms with Gasteiger partial charge in [-0.15, -0.1) is 0 Å². The van der Waals surface area contributed by atoms with Gasteiger partial charge in [0.1, 0.15) is 23.2 Å². The van der Waals surface area contributed by atoms with Gasteiger partial charge in [-0.3, -0.25) is 14.9 Å². The van der Waals surface area contributed by atoms with Gasteiger partial charge in [0, 0.05) is 36.4 Å². The van der Waals surface area contributed by atoms with Crippen molar-refractivity contribution < 1.29 is 14.1 Å². The molecule has 2 heterocycles. The Labute approximate surface area is 163 Å². The zero-order valence-electron chi connectivity index (χ0n) is 15.7. The molecule has 3 rings (SSSR count). The first-order chi connectivity index (χ1) is 13.5. The lowest BCUT2D eigenvalue weighted by Gasteiger charge is -2.19. The number of nitro benzene ring substituents is 1. The fraction of sp³-hybridized carbons (Fsp3) is 0.333. The molecular weight excluding hydrogens is 358 g/mol. The van der Waals surface area contributed by atoms with E-state index in [0.717, 1.165) is 25.7 Å². The maximum atomic E-state index is 12.7. The molecule has 2 aromatic rings. The average molecular weight is 379 g/mol. The van der Waals surface area contributed by atoms with Crippen molar-refractivity contribution in [2.24, 2.45) is 0 Å². The minimum atomic E-state index is -0.434. The second-order valence-electron chi connectivity index (χ2n) is 6.79. The molecule has 1 fully saturated rings. The van der Waals surface area contributed by atoms with E-state index in [9.17, 15) is 20.2 Å². The normalized spacial score (nSPS) is 15.0. The van der Waals surface area contributed by atoms with Crippen LogP contribution in [0.3, 0.4) is 0 Å². The van der Waals surface area contributed by atoms with Gasteiger partial charge < -0.3 is 9.32 Å². The van der Waals surface area contributed by atoms with Gasteiger partial charge in [-0.2, -0.15) is 5.26 Å². The van der Waals surface area contributed by atoms with Crippen LogP contribution in [-0.2, 0) is 4.79 Å². The van der Waals surface area contributed by atoms with Gasteiger partial charge >= 0.3 is 0 Å². The molecule has 0 aliphatic carbocycles. The highest BCUT2D eigenvalue weighted by Crippen LogP contribution is 2.31. The van der Waals surface area contributed by atoms with Crippen LogP contribution in [0.5, 0.6) is 0 Å². The fourth-order valence-electron chi connectivity index (χ4n) is 3.39. The van der Waals surface area contributed by atoms with Gasteiger partial charge in [0.2, 0.25) is 0 Å². The Morgan fingerprint density at radius 1 is 1.21 bits per heavy atom. The van der Waals surface area contributed by atoms with Crippen molar-refractivity contribution >= 4 is 17.7 Å². The quantitative estimate of drug-likeness (QED) is 0.337. The standard InChI is InChI=1S/C21H21N3O4/c1-15-18(7-6-8-19(15)24(26)27)20-10-9-17(28-20)13-16(14-22)21(25)23-11-4-2-3-5-12-23/h6-10,13H,2-5,11-12H2,1H3. The predicted octanol–water partition coefficient (Wildman–Crippen LogP) is 4.47. The van der Waals surface area contributed by atoms with Crippen LogP contribution in [0.15, 0.2) is 40.3 Å². The van der Waals surface area contributed by atoms with Crippen molar-refractivity contribution in [3.05, 3.63) is 57.3 Å². The predicted molar refractivity (Wildman–Crippen MR) is 104 cm³/mol. The number of furan rings is 1. The molecule has 0 unspecified atom stereocenters. The summed E-state index contributed by atoms with van der Waals surface area (Å²) in [7, 11) is 0. The van der Waals surface area contributed by atoms with Crippen LogP contribution in [0.4, 0.5) is 5.69 Å². The molecule has 1 amide bonds. The minimum absolute atomic E-state index is 0.0139. The maximum absolute atomic E-state index is 12.7. The van der Waals surface area contributed by atoms with Crippen LogP contribution in [0.2, 0.25) is 0 Å². The summed E-state index contributed by atoms with van der Waals surface area (Å²) in [4.78, 5) is 25.1. The summed E-state index contributed by atoms with van der Waals surface area (Å²) in [6.45, 7) is 2.98. The van der Waals surface area contributed by atoms with E-state index in [-0.39, 0.29) is 17.2 Å². The van der Waals surface area contributed by atoms with Crippen molar-refractivity contribution in [2.45, 2.75) is 32.6 Å². The molecule has 1 aromatic carbocycles. The summed E-state index contributed by atoms with van der Waals surface area (Å²) >= 11 is 0. The fourth-order valence-corrected chi connectivity index (χ4v) is 3.39. The highest BCUT2D eigenvalue weighted by molar-refractivity contribution is 6.01. The van der Waals surface area contributed by atoms with Gasteiger partial charge in [0.05, 0.1) is 4.92 Å². The molecule has 7 heteroatoms. The van der Waals surface area contributed by atoms with E-state index in [2.05, 4.69) is 0 Å². The maximum Gasteiger partial charge on any atom is 0.273 e. The topological polar surface area (TPSA) is 100 Å². The van der Waals surface area contributed by atoms with Gasteiger partial charge in [0.15, 0.2) is 0 Å². The van der Waals surface area contributed by atoms with E-state index >= 15 is 0 Å². The molecule has 1 saturated heterocycles. The molecule has 0 bridgehead atoms. The molecule has 1 aliphatic heterocycles. The summed E-state index contributed by atoms with van der Waals surface area (Å²) < 4.78 is 5.76. The zero-order valence-corrected chi connectivity index (χ0v) is 15.7. The van der Waals surface area contributed by atoms with Crippen LogP contribution in [0, 0.1) is 28.4 Å². The smallest absolute Gasteiger partial charge is 0.273 e. The van der Waals surface area contributed by atoms with Crippen LogP contribution in [0.25, 0.3) is 17.4 Å². The Morgan fingerprint density at radius 3 is 2.57 bits per heavy atom. The second-order valence-corrected chi connectivity index (χ2v) is 6.79. The third-order valence-corrected chi connectivity index (χ3v) is 4.92. The number of nitrogens with zero attached hydrogens (tertiary/aromatic N) is 3. The average Bonchev–Trinajstić information content (AvgIpc) is 2.97. The van der Waals surface area contributed by atoms with E-state index in [1.807, 2.05) is 6.07 Å². The Bertz CT molecular complexity index is 960. The number of benzene rings is 1. The molecule has 144 valence electrons. The van der Waals surface area contributed by atoms with E-state index in [1.165, 1.54) is 12.1 Å². The Hall–Kier alpha value is -3.40. The van der Waals surface area contributed by atoms with Crippen LogP contribution in [-0.4, -0.2) is 28.8 Å². The Balaban J connectivity index is 1.87. The largest absolute Gasteiger partial charge is 0.457 e. The summed E-state index contributed by atoms with van der Waals surface area (Å²) in [5.74, 6) is 0.529. The molecule has 0 N–H and O–H groups in total. The number of amides is 1. The molecule has 0 spiro atoms. The van der Waals surface area contributed by atoms with Gasteiger partial charge in [-0.25, -0.2) is 0 Å². The Kier molecular flexibility index (Phi) is 5.90. The molecule has 1 aromatic heterocycles. The summed E-state index contributed by atoms with van der Waals surface area (Å²) in [6, 6.07) is 10.1. The highest BCUT2D eigenvalue weighted by Gasteiger charge is 2.20. The second kappa shape index (κ2) is 8.53. The third-order valence-electron chi connectivity index (χ3n) is 4.92. The van der Waals surface area contributed by atoms with E-state index in [0.29, 0.717) is 35.7 Å².